The Morgan fingerprint density at radius 2 is 1.72 bits per heavy atom. The molecule has 0 saturated heterocycles. The van der Waals surface area contributed by atoms with Crippen molar-refractivity contribution in [1.29, 1.82) is 0 Å². The molecule has 2 atom stereocenters. The van der Waals surface area contributed by atoms with E-state index in [1.807, 2.05) is 0 Å². The Labute approximate surface area is 111 Å². The monoisotopic (exact) mass is 238 g/mol. The minimum absolute atomic E-state index is 0.336. The van der Waals surface area contributed by atoms with Gasteiger partial charge in [0.05, 0.1) is 0 Å². The third-order valence-corrected chi connectivity index (χ3v) is 4.74. The van der Waals surface area contributed by atoms with Gasteiger partial charge in [0.25, 0.3) is 0 Å². The second-order valence-corrected chi connectivity index (χ2v) is 6.16. The summed E-state index contributed by atoms with van der Waals surface area (Å²) in [7, 11) is 0. The molecule has 0 bridgehead atoms. The fourth-order valence-corrected chi connectivity index (χ4v) is 3.18. The highest BCUT2D eigenvalue weighted by Crippen LogP contribution is 2.53. The van der Waals surface area contributed by atoms with Crippen LogP contribution in [0.1, 0.15) is 51.0 Å². The quantitative estimate of drug-likeness (QED) is 0.630. The Morgan fingerprint density at radius 3 is 2.44 bits per heavy atom. The number of rotatable bonds is 1. The third kappa shape index (κ3) is 2.32. The maximum Gasteiger partial charge on any atom is 0.0306 e. The molecule has 2 fully saturated rings. The Balaban J connectivity index is 1.65. The van der Waals surface area contributed by atoms with Gasteiger partial charge >= 0.3 is 0 Å². The van der Waals surface area contributed by atoms with Crippen LogP contribution in [0.5, 0.6) is 0 Å². The Bertz CT molecular complexity index is 456. The first kappa shape index (κ1) is 11.8. The van der Waals surface area contributed by atoms with Crippen LogP contribution in [-0.2, 0) is 5.41 Å². The topological polar surface area (TPSA) is 0 Å². The zero-order chi connectivity index (χ0) is 12.4. The van der Waals surface area contributed by atoms with Crippen molar-refractivity contribution in [3.8, 4) is 11.8 Å². The van der Waals surface area contributed by atoms with Crippen molar-refractivity contribution >= 4 is 0 Å². The van der Waals surface area contributed by atoms with E-state index in [4.69, 9.17) is 0 Å². The minimum atomic E-state index is 0.336. The van der Waals surface area contributed by atoms with Gasteiger partial charge < -0.3 is 0 Å². The van der Waals surface area contributed by atoms with Crippen LogP contribution in [-0.4, -0.2) is 0 Å². The van der Waals surface area contributed by atoms with Crippen molar-refractivity contribution in [2.45, 2.75) is 50.9 Å². The molecule has 0 heteroatoms. The molecule has 0 unspecified atom stereocenters. The Kier molecular flexibility index (Phi) is 3.16. The first-order chi connectivity index (χ1) is 8.79. The molecule has 2 aliphatic carbocycles. The normalized spacial score (nSPS) is 31.5. The number of hydrogen-bond acceptors (Lipinski definition) is 0. The Morgan fingerprint density at radius 1 is 1.00 bits per heavy atom. The van der Waals surface area contributed by atoms with Crippen molar-refractivity contribution in [2.75, 3.05) is 0 Å². The van der Waals surface area contributed by atoms with E-state index in [1.165, 1.54) is 44.1 Å². The van der Waals surface area contributed by atoms with Gasteiger partial charge in [-0.2, -0.15) is 0 Å². The fraction of sp³-hybridized carbons (Fsp3) is 0.556. The number of hydrogen-bond donors (Lipinski definition) is 0. The van der Waals surface area contributed by atoms with Gasteiger partial charge in [-0.3, -0.25) is 0 Å². The van der Waals surface area contributed by atoms with Gasteiger partial charge in [-0.1, -0.05) is 68.4 Å². The summed E-state index contributed by atoms with van der Waals surface area (Å²) in [6, 6.07) is 10.9. The summed E-state index contributed by atoms with van der Waals surface area (Å²) in [5, 5.41) is 0. The van der Waals surface area contributed by atoms with Crippen LogP contribution in [0.4, 0.5) is 0 Å². The van der Waals surface area contributed by atoms with Crippen LogP contribution < -0.4 is 0 Å². The SMILES string of the molecule is C[C@@]1(c2ccccc2)C[C@H]1C#CC1CCCCC1. The van der Waals surface area contributed by atoms with Crippen LogP contribution in [0.25, 0.3) is 0 Å². The predicted octanol–water partition coefficient (Wildman–Crippen LogP) is 4.55. The number of benzene rings is 1. The molecule has 1 aromatic carbocycles. The summed E-state index contributed by atoms with van der Waals surface area (Å²) < 4.78 is 0. The lowest BCUT2D eigenvalue weighted by molar-refractivity contribution is 0.430. The molecule has 2 aliphatic rings. The lowest BCUT2D eigenvalue weighted by atomic mass is 9.89. The van der Waals surface area contributed by atoms with Crippen molar-refractivity contribution in [3.63, 3.8) is 0 Å². The summed E-state index contributed by atoms with van der Waals surface area (Å²) in [6.45, 7) is 2.36. The maximum atomic E-state index is 3.57. The van der Waals surface area contributed by atoms with Crippen LogP contribution in [0.15, 0.2) is 30.3 Å². The molecule has 0 N–H and O–H groups in total. The van der Waals surface area contributed by atoms with Gasteiger partial charge in [0.1, 0.15) is 0 Å². The first-order valence-corrected chi connectivity index (χ1v) is 7.36. The summed E-state index contributed by atoms with van der Waals surface area (Å²) in [5.74, 6) is 8.42. The molecule has 3 rings (SSSR count). The van der Waals surface area contributed by atoms with E-state index >= 15 is 0 Å². The van der Waals surface area contributed by atoms with E-state index in [9.17, 15) is 0 Å². The van der Waals surface area contributed by atoms with Crippen LogP contribution in [0, 0.1) is 23.7 Å². The Hall–Kier alpha value is -1.22. The summed E-state index contributed by atoms with van der Waals surface area (Å²) in [6.07, 6.45) is 8.11. The molecule has 0 spiro atoms. The molecule has 0 amide bonds. The summed E-state index contributed by atoms with van der Waals surface area (Å²) in [4.78, 5) is 0. The van der Waals surface area contributed by atoms with E-state index in [0.29, 0.717) is 17.3 Å². The highest BCUT2D eigenvalue weighted by atomic mass is 14.5. The molecule has 0 radical (unpaired) electrons. The minimum Gasteiger partial charge on any atom is -0.0996 e. The molecular formula is C18H22. The van der Waals surface area contributed by atoms with E-state index in [2.05, 4.69) is 49.1 Å². The molecule has 18 heavy (non-hydrogen) atoms. The second kappa shape index (κ2) is 4.81. The zero-order valence-corrected chi connectivity index (χ0v) is 11.3. The fourth-order valence-electron chi connectivity index (χ4n) is 3.18. The molecular weight excluding hydrogens is 216 g/mol. The highest BCUT2D eigenvalue weighted by Gasteiger charge is 2.50. The average molecular weight is 238 g/mol. The lowest BCUT2D eigenvalue weighted by Gasteiger charge is -2.15. The van der Waals surface area contributed by atoms with E-state index in [-0.39, 0.29) is 0 Å². The largest absolute Gasteiger partial charge is 0.0996 e. The first-order valence-electron chi connectivity index (χ1n) is 7.36. The van der Waals surface area contributed by atoms with Crippen LogP contribution >= 0.6 is 0 Å². The van der Waals surface area contributed by atoms with E-state index in [0.717, 1.165) is 0 Å². The van der Waals surface area contributed by atoms with Gasteiger partial charge in [-0.15, -0.1) is 0 Å². The molecule has 0 aliphatic heterocycles. The lowest BCUT2D eigenvalue weighted by Crippen LogP contribution is -2.05. The summed E-state index contributed by atoms with van der Waals surface area (Å²) in [5.41, 5.74) is 1.80. The van der Waals surface area contributed by atoms with E-state index in [1.54, 1.807) is 0 Å². The van der Waals surface area contributed by atoms with Gasteiger partial charge in [-0.25, -0.2) is 0 Å². The maximum absolute atomic E-state index is 3.57. The molecule has 1 aromatic rings. The average Bonchev–Trinajstić information content (AvgIpc) is 3.11. The van der Waals surface area contributed by atoms with Crippen LogP contribution in [0.2, 0.25) is 0 Å². The summed E-state index contributed by atoms with van der Waals surface area (Å²) >= 11 is 0. The standard InChI is InChI=1S/C18H22/c1-18(16-10-6-3-7-11-16)14-17(18)13-12-15-8-4-2-5-9-15/h3,6-7,10-11,15,17H,2,4-5,8-9,14H2,1H3/t17-,18+/m1/s1. The molecule has 0 aromatic heterocycles. The predicted molar refractivity (Wildman–Crippen MR) is 76.3 cm³/mol. The van der Waals surface area contributed by atoms with Gasteiger partial charge in [-0.05, 0) is 24.8 Å². The van der Waals surface area contributed by atoms with Crippen molar-refractivity contribution in [2.24, 2.45) is 11.8 Å². The second-order valence-electron chi connectivity index (χ2n) is 6.16. The third-order valence-electron chi connectivity index (χ3n) is 4.74. The zero-order valence-electron chi connectivity index (χ0n) is 11.3. The van der Waals surface area contributed by atoms with Crippen molar-refractivity contribution in [1.82, 2.24) is 0 Å². The highest BCUT2D eigenvalue weighted by molar-refractivity contribution is 5.37. The molecule has 94 valence electrons. The van der Waals surface area contributed by atoms with Gasteiger partial charge in [0.15, 0.2) is 0 Å². The molecule has 0 heterocycles. The smallest absolute Gasteiger partial charge is 0.0306 e. The van der Waals surface area contributed by atoms with Crippen molar-refractivity contribution in [3.05, 3.63) is 35.9 Å². The van der Waals surface area contributed by atoms with Crippen LogP contribution in [0.3, 0.4) is 0 Å². The molecule has 0 nitrogen and oxygen atoms in total. The molecule has 2 saturated carbocycles. The van der Waals surface area contributed by atoms with Gasteiger partial charge in [0, 0.05) is 17.3 Å². The van der Waals surface area contributed by atoms with E-state index < -0.39 is 0 Å². The van der Waals surface area contributed by atoms with Crippen molar-refractivity contribution < 1.29 is 0 Å². The van der Waals surface area contributed by atoms with Gasteiger partial charge in [0.2, 0.25) is 0 Å².